The van der Waals surface area contributed by atoms with Crippen LogP contribution in [-0.4, -0.2) is 35.2 Å². The van der Waals surface area contributed by atoms with Crippen molar-refractivity contribution in [2.24, 2.45) is 0 Å². The number of halogens is 3. The van der Waals surface area contributed by atoms with Crippen LogP contribution in [0, 0.1) is 0 Å². The van der Waals surface area contributed by atoms with E-state index in [0.717, 1.165) is 12.8 Å². The number of unbranched alkanes of at least 4 members (excludes halogenated alkanes) is 1. The zero-order valence-corrected chi connectivity index (χ0v) is 17.8. The lowest BCUT2D eigenvalue weighted by Gasteiger charge is -2.28. The number of alkyl halides is 3. The molecular weight excluding hydrogens is 421 g/mol. The second-order valence-corrected chi connectivity index (χ2v) is 8.09. The van der Waals surface area contributed by atoms with Crippen LogP contribution >= 0.6 is 47.0 Å². The Balaban J connectivity index is 2.82. The highest BCUT2D eigenvalue weighted by atomic mass is 35.6. The number of methoxy groups -OCH3 is 2. The van der Waals surface area contributed by atoms with E-state index in [1.165, 1.54) is 7.11 Å². The summed E-state index contributed by atoms with van der Waals surface area (Å²) < 4.78 is 8.66. The van der Waals surface area contributed by atoms with Crippen molar-refractivity contribution in [3.63, 3.8) is 0 Å². The molecule has 1 unspecified atom stereocenters. The minimum absolute atomic E-state index is 0.142. The normalized spacial score (nSPS) is 12.1. The van der Waals surface area contributed by atoms with Crippen LogP contribution in [0.15, 0.2) is 18.2 Å². The lowest BCUT2D eigenvalue weighted by atomic mass is 10.2. The molecule has 0 aliphatic heterocycles. The molecule has 0 bridgehead atoms. The van der Waals surface area contributed by atoms with Gasteiger partial charge in [0, 0.05) is 12.5 Å². The van der Waals surface area contributed by atoms with Crippen molar-refractivity contribution in [1.29, 1.82) is 0 Å². The van der Waals surface area contributed by atoms with Crippen LogP contribution in [0.4, 0.5) is 5.69 Å². The maximum atomic E-state index is 12.0. The Hall–Kier alpha value is -1.15. The fraction of sp³-hybridized carbons (Fsp3) is 0.500. The topological polar surface area (TPSA) is 71.6 Å². The number of thiocarbonyl (C=S) groups is 1. The molecule has 26 heavy (non-hydrogen) atoms. The van der Waals surface area contributed by atoms with E-state index in [1.807, 2.05) is 6.92 Å². The molecule has 0 spiro atoms. The standard InChI is InChI=1S/C16H22Cl3N3O3S/c1-4-5-6-13(23)21-14(16(17,18)19)22-15(26)20-11-9-10(24-2)7-8-12(11)25-3/h7-9,14H,4-6H2,1-3H3,(H,21,23)(H2,20,22,26). The Labute approximate surface area is 173 Å². The van der Waals surface area contributed by atoms with E-state index in [9.17, 15) is 4.79 Å². The summed E-state index contributed by atoms with van der Waals surface area (Å²) in [5.41, 5.74) is 0.560. The van der Waals surface area contributed by atoms with Crippen LogP contribution in [0.1, 0.15) is 26.2 Å². The molecule has 0 aromatic heterocycles. The number of amides is 1. The van der Waals surface area contributed by atoms with E-state index < -0.39 is 9.96 Å². The van der Waals surface area contributed by atoms with Gasteiger partial charge in [0.2, 0.25) is 9.70 Å². The third-order valence-electron chi connectivity index (χ3n) is 3.32. The van der Waals surface area contributed by atoms with Crippen molar-refractivity contribution in [3.05, 3.63) is 18.2 Å². The number of hydrogen-bond acceptors (Lipinski definition) is 4. The second-order valence-electron chi connectivity index (χ2n) is 5.31. The average molecular weight is 443 g/mol. The number of carbonyl (C=O) groups excluding carboxylic acids is 1. The van der Waals surface area contributed by atoms with Gasteiger partial charge in [-0.2, -0.15) is 0 Å². The number of rotatable bonds is 8. The van der Waals surface area contributed by atoms with Crippen molar-refractivity contribution >= 4 is 63.7 Å². The van der Waals surface area contributed by atoms with Crippen LogP contribution in [0.2, 0.25) is 0 Å². The molecule has 3 N–H and O–H groups in total. The van der Waals surface area contributed by atoms with E-state index in [0.29, 0.717) is 23.6 Å². The Morgan fingerprint density at radius 2 is 1.92 bits per heavy atom. The molecule has 0 aliphatic rings. The van der Waals surface area contributed by atoms with Gasteiger partial charge in [0.1, 0.15) is 17.7 Å². The van der Waals surface area contributed by atoms with Gasteiger partial charge in [-0.3, -0.25) is 4.79 Å². The fourth-order valence-electron chi connectivity index (χ4n) is 1.97. The van der Waals surface area contributed by atoms with E-state index in [4.69, 9.17) is 56.5 Å². The van der Waals surface area contributed by atoms with Gasteiger partial charge < -0.3 is 25.4 Å². The smallest absolute Gasteiger partial charge is 0.228 e. The van der Waals surface area contributed by atoms with Crippen LogP contribution in [0.25, 0.3) is 0 Å². The molecule has 0 saturated carbocycles. The Morgan fingerprint density at radius 3 is 2.46 bits per heavy atom. The number of anilines is 1. The average Bonchev–Trinajstić information content (AvgIpc) is 2.58. The first-order valence-electron chi connectivity index (χ1n) is 7.86. The third-order valence-corrected chi connectivity index (χ3v) is 4.19. The van der Waals surface area contributed by atoms with Gasteiger partial charge >= 0.3 is 0 Å². The molecule has 6 nitrogen and oxygen atoms in total. The molecule has 0 aliphatic carbocycles. The van der Waals surface area contributed by atoms with Crippen LogP contribution in [0.5, 0.6) is 11.5 Å². The SMILES string of the molecule is CCCCC(=O)NC(NC(=S)Nc1cc(OC)ccc1OC)C(Cl)(Cl)Cl. The van der Waals surface area contributed by atoms with Crippen LogP contribution in [-0.2, 0) is 4.79 Å². The van der Waals surface area contributed by atoms with E-state index in [2.05, 4.69) is 16.0 Å². The maximum Gasteiger partial charge on any atom is 0.228 e. The molecule has 1 aromatic rings. The van der Waals surface area contributed by atoms with Crippen molar-refractivity contribution in [1.82, 2.24) is 10.6 Å². The van der Waals surface area contributed by atoms with Crippen molar-refractivity contribution < 1.29 is 14.3 Å². The summed E-state index contributed by atoms with van der Waals surface area (Å²) in [6.07, 6.45) is 0.949. The number of nitrogens with one attached hydrogen (secondary N) is 3. The van der Waals surface area contributed by atoms with Gasteiger partial charge in [0.05, 0.1) is 19.9 Å². The van der Waals surface area contributed by atoms with Gasteiger partial charge in [0.15, 0.2) is 5.11 Å². The summed E-state index contributed by atoms with van der Waals surface area (Å²) in [6, 6.07) is 5.18. The maximum absolute atomic E-state index is 12.0. The van der Waals surface area contributed by atoms with Gasteiger partial charge in [-0.25, -0.2) is 0 Å². The molecule has 0 radical (unpaired) electrons. The number of hydrogen-bond donors (Lipinski definition) is 3. The summed E-state index contributed by atoms with van der Waals surface area (Å²) in [4.78, 5) is 12.0. The number of carbonyl (C=O) groups is 1. The zero-order valence-electron chi connectivity index (χ0n) is 14.7. The molecule has 10 heteroatoms. The second kappa shape index (κ2) is 10.9. The van der Waals surface area contributed by atoms with Crippen LogP contribution < -0.4 is 25.4 Å². The summed E-state index contributed by atoms with van der Waals surface area (Å²) in [5, 5.41) is 8.51. The minimum atomic E-state index is -1.80. The first-order valence-corrected chi connectivity index (χ1v) is 9.41. The van der Waals surface area contributed by atoms with Crippen molar-refractivity contribution in [2.75, 3.05) is 19.5 Å². The molecular formula is C16H22Cl3N3O3S. The van der Waals surface area contributed by atoms with E-state index >= 15 is 0 Å². The monoisotopic (exact) mass is 441 g/mol. The Morgan fingerprint density at radius 1 is 1.23 bits per heavy atom. The minimum Gasteiger partial charge on any atom is -0.497 e. The molecule has 1 rings (SSSR count). The molecule has 1 amide bonds. The highest BCUT2D eigenvalue weighted by Crippen LogP contribution is 2.31. The highest BCUT2D eigenvalue weighted by Gasteiger charge is 2.34. The molecule has 0 heterocycles. The van der Waals surface area contributed by atoms with Gasteiger partial charge in [-0.15, -0.1) is 0 Å². The van der Waals surface area contributed by atoms with E-state index in [-0.39, 0.29) is 11.0 Å². The lowest BCUT2D eigenvalue weighted by molar-refractivity contribution is -0.122. The van der Waals surface area contributed by atoms with Crippen LogP contribution in [0.3, 0.4) is 0 Å². The summed E-state index contributed by atoms with van der Waals surface area (Å²) in [7, 11) is 3.08. The fourth-order valence-corrected chi connectivity index (χ4v) is 2.53. The van der Waals surface area contributed by atoms with Crippen molar-refractivity contribution in [3.8, 4) is 11.5 Å². The number of benzene rings is 1. The largest absolute Gasteiger partial charge is 0.497 e. The molecule has 0 fully saturated rings. The number of ether oxygens (including phenoxy) is 2. The third kappa shape index (κ3) is 7.61. The summed E-state index contributed by atoms with van der Waals surface area (Å²) >= 11 is 23.1. The quantitative estimate of drug-likeness (QED) is 0.321. The Bertz CT molecular complexity index is 626. The highest BCUT2D eigenvalue weighted by molar-refractivity contribution is 7.80. The molecule has 1 atom stereocenters. The molecule has 146 valence electrons. The predicted molar refractivity (Wildman–Crippen MR) is 111 cm³/mol. The molecule has 1 aromatic carbocycles. The first kappa shape index (κ1) is 22.9. The Kier molecular flexibility index (Phi) is 9.57. The molecule has 0 saturated heterocycles. The summed E-state index contributed by atoms with van der Waals surface area (Å²) in [5.74, 6) is 0.923. The predicted octanol–water partition coefficient (Wildman–Crippen LogP) is 3.99. The van der Waals surface area contributed by atoms with Gasteiger partial charge in [0.25, 0.3) is 0 Å². The first-order chi connectivity index (χ1) is 12.2. The van der Waals surface area contributed by atoms with Gasteiger partial charge in [-0.1, -0.05) is 48.1 Å². The van der Waals surface area contributed by atoms with E-state index in [1.54, 1.807) is 25.3 Å². The van der Waals surface area contributed by atoms with Gasteiger partial charge in [-0.05, 0) is 30.8 Å². The van der Waals surface area contributed by atoms with Crippen molar-refractivity contribution in [2.45, 2.75) is 36.1 Å². The summed E-state index contributed by atoms with van der Waals surface area (Å²) in [6.45, 7) is 1.98. The lowest BCUT2D eigenvalue weighted by Crippen LogP contribution is -2.56. The zero-order chi connectivity index (χ0) is 19.7.